The van der Waals surface area contributed by atoms with Gasteiger partial charge in [-0.15, -0.1) is 11.3 Å². The molecule has 0 saturated carbocycles. The van der Waals surface area contributed by atoms with E-state index in [2.05, 4.69) is 0 Å². The summed E-state index contributed by atoms with van der Waals surface area (Å²) in [5, 5.41) is 0.848. The quantitative estimate of drug-likeness (QED) is 0.730. The first-order valence-corrected chi connectivity index (χ1v) is 9.90. The zero-order valence-corrected chi connectivity index (χ0v) is 15.2. The highest BCUT2D eigenvalue weighted by molar-refractivity contribution is 7.15. The SMILES string of the molecule is O=C(c1c(-n2cccc2)sc2c1CCCC2)N1CCCC(C(F)(F)F)C1. The molecule has 0 aromatic carbocycles. The van der Waals surface area contributed by atoms with E-state index >= 15 is 0 Å². The number of amides is 1. The Hall–Kier alpha value is -1.76. The number of piperidine rings is 1. The van der Waals surface area contributed by atoms with E-state index < -0.39 is 12.1 Å². The summed E-state index contributed by atoms with van der Waals surface area (Å²) in [6.07, 6.45) is 3.98. The van der Waals surface area contributed by atoms with Crippen LogP contribution in [-0.2, 0) is 12.8 Å². The molecule has 0 N–H and O–H groups in total. The van der Waals surface area contributed by atoms with Crippen LogP contribution in [0.2, 0.25) is 0 Å². The van der Waals surface area contributed by atoms with E-state index in [1.165, 1.54) is 9.78 Å². The van der Waals surface area contributed by atoms with E-state index in [0.717, 1.165) is 36.2 Å². The van der Waals surface area contributed by atoms with Crippen LogP contribution in [0.4, 0.5) is 13.2 Å². The van der Waals surface area contributed by atoms with Crippen molar-refractivity contribution in [3.8, 4) is 5.00 Å². The number of aromatic nitrogens is 1. The average molecular weight is 382 g/mol. The van der Waals surface area contributed by atoms with Gasteiger partial charge in [-0.3, -0.25) is 4.79 Å². The Bertz CT molecular complexity index is 795. The van der Waals surface area contributed by atoms with Gasteiger partial charge < -0.3 is 9.47 Å². The summed E-state index contributed by atoms with van der Waals surface area (Å²) < 4.78 is 41.4. The number of carbonyl (C=O) groups excluding carboxylic acids is 1. The van der Waals surface area contributed by atoms with Crippen LogP contribution in [0.15, 0.2) is 24.5 Å². The molecule has 1 unspecified atom stereocenters. The van der Waals surface area contributed by atoms with Gasteiger partial charge in [0.15, 0.2) is 0 Å². The van der Waals surface area contributed by atoms with Gasteiger partial charge in [-0.1, -0.05) is 0 Å². The zero-order chi connectivity index (χ0) is 18.3. The van der Waals surface area contributed by atoms with Gasteiger partial charge in [0.2, 0.25) is 0 Å². The molecule has 2 aromatic heterocycles. The van der Waals surface area contributed by atoms with Gasteiger partial charge in [-0.05, 0) is 56.2 Å². The van der Waals surface area contributed by atoms with Crippen molar-refractivity contribution >= 4 is 17.2 Å². The zero-order valence-electron chi connectivity index (χ0n) is 14.4. The molecule has 2 aliphatic rings. The first kappa shape index (κ1) is 17.6. The lowest BCUT2D eigenvalue weighted by Gasteiger charge is -2.34. The Labute approximate surface area is 154 Å². The van der Waals surface area contributed by atoms with Crippen LogP contribution in [0, 0.1) is 5.92 Å². The molecule has 1 amide bonds. The van der Waals surface area contributed by atoms with E-state index in [0.29, 0.717) is 18.5 Å². The largest absolute Gasteiger partial charge is 0.393 e. The van der Waals surface area contributed by atoms with Gasteiger partial charge in [-0.25, -0.2) is 0 Å². The Kier molecular flexibility index (Phi) is 4.59. The molecule has 1 fully saturated rings. The highest BCUT2D eigenvalue weighted by atomic mass is 32.1. The maximum Gasteiger partial charge on any atom is 0.393 e. The van der Waals surface area contributed by atoms with Crippen molar-refractivity contribution in [2.24, 2.45) is 5.92 Å². The number of fused-ring (bicyclic) bond motifs is 1. The minimum Gasteiger partial charge on any atom is -0.338 e. The van der Waals surface area contributed by atoms with Crippen LogP contribution < -0.4 is 0 Å². The number of hydrogen-bond donors (Lipinski definition) is 0. The van der Waals surface area contributed by atoms with Crippen molar-refractivity contribution < 1.29 is 18.0 Å². The third kappa shape index (κ3) is 3.17. The minimum atomic E-state index is -4.24. The maximum atomic E-state index is 13.3. The van der Waals surface area contributed by atoms with Gasteiger partial charge in [0.1, 0.15) is 5.00 Å². The number of rotatable bonds is 2. The number of halogens is 3. The molecule has 1 atom stereocenters. The van der Waals surface area contributed by atoms with Crippen molar-refractivity contribution in [2.75, 3.05) is 13.1 Å². The van der Waals surface area contributed by atoms with E-state index in [1.54, 1.807) is 11.3 Å². The third-order valence-electron chi connectivity index (χ3n) is 5.38. The Morgan fingerprint density at radius 1 is 1.12 bits per heavy atom. The predicted molar refractivity (Wildman–Crippen MR) is 95.0 cm³/mol. The van der Waals surface area contributed by atoms with Crippen LogP contribution in [-0.4, -0.2) is 34.6 Å². The molecular formula is C19H21F3N2OS. The van der Waals surface area contributed by atoms with Crippen LogP contribution >= 0.6 is 11.3 Å². The second-order valence-corrected chi connectivity index (χ2v) is 8.20. The van der Waals surface area contributed by atoms with Crippen LogP contribution in [0.3, 0.4) is 0 Å². The monoisotopic (exact) mass is 382 g/mol. The Morgan fingerprint density at radius 2 is 1.85 bits per heavy atom. The average Bonchev–Trinajstić information content (AvgIpc) is 3.28. The minimum absolute atomic E-state index is 0.111. The first-order chi connectivity index (χ1) is 12.4. The molecule has 26 heavy (non-hydrogen) atoms. The van der Waals surface area contributed by atoms with Gasteiger partial charge in [0.25, 0.3) is 5.91 Å². The number of alkyl halides is 3. The van der Waals surface area contributed by atoms with Gasteiger partial charge in [-0.2, -0.15) is 13.2 Å². The fraction of sp³-hybridized carbons (Fsp3) is 0.526. The van der Waals surface area contributed by atoms with Crippen molar-refractivity contribution in [2.45, 2.75) is 44.7 Å². The van der Waals surface area contributed by atoms with E-state index in [9.17, 15) is 18.0 Å². The van der Waals surface area contributed by atoms with Crippen molar-refractivity contribution in [1.29, 1.82) is 0 Å². The smallest absolute Gasteiger partial charge is 0.338 e. The number of carbonyl (C=O) groups is 1. The van der Waals surface area contributed by atoms with Crippen LogP contribution in [0.5, 0.6) is 0 Å². The molecule has 0 radical (unpaired) electrons. The fourth-order valence-corrected chi connectivity index (χ4v) is 5.36. The Morgan fingerprint density at radius 3 is 2.58 bits per heavy atom. The predicted octanol–water partition coefficient (Wildman–Crippen LogP) is 4.83. The number of thiophene rings is 1. The number of hydrogen-bond acceptors (Lipinski definition) is 2. The van der Waals surface area contributed by atoms with E-state index in [-0.39, 0.29) is 18.9 Å². The number of aryl methyl sites for hydroxylation is 1. The van der Waals surface area contributed by atoms with Gasteiger partial charge >= 0.3 is 6.18 Å². The molecule has 140 valence electrons. The Balaban J connectivity index is 1.70. The summed E-state index contributed by atoms with van der Waals surface area (Å²) in [5.41, 5.74) is 1.69. The summed E-state index contributed by atoms with van der Waals surface area (Å²) in [6, 6.07) is 3.79. The van der Waals surface area contributed by atoms with E-state index in [4.69, 9.17) is 0 Å². The molecule has 0 bridgehead atoms. The lowest BCUT2D eigenvalue weighted by molar-refractivity contribution is -0.184. The topological polar surface area (TPSA) is 25.2 Å². The summed E-state index contributed by atoms with van der Waals surface area (Å²) in [6.45, 7) is 0.180. The van der Waals surface area contributed by atoms with Crippen LogP contribution in [0.1, 0.15) is 46.5 Å². The molecule has 3 heterocycles. The molecule has 1 aliphatic heterocycles. The highest BCUT2D eigenvalue weighted by Crippen LogP contribution is 2.39. The summed E-state index contributed by atoms with van der Waals surface area (Å²) >= 11 is 1.61. The lowest BCUT2D eigenvalue weighted by atomic mass is 9.93. The van der Waals surface area contributed by atoms with Crippen LogP contribution in [0.25, 0.3) is 5.00 Å². The van der Waals surface area contributed by atoms with Crippen molar-refractivity contribution in [3.63, 3.8) is 0 Å². The normalized spacial score (nSPS) is 20.9. The molecular weight excluding hydrogens is 361 g/mol. The molecule has 1 saturated heterocycles. The first-order valence-electron chi connectivity index (χ1n) is 9.09. The highest BCUT2D eigenvalue weighted by Gasteiger charge is 2.43. The van der Waals surface area contributed by atoms with Crippen molar-refractivity contribution in [1.82, 2.24) is 9.47 Å². The van der Waals surface area contributed by atoms with E-state index in [1.807, 2.05) is 29.1 Å². The molecule has 1 aliphatic carbocycles. The fourth-order valence-electron chi connectivity index (χ4n) is 4.01. The molecule has 7 heteroatoms. The second-order valence-electron chi connectivity index (χ2n) is 7.11. The van der Waals surface area contributed by atoms with Crippen molar-refractivity contribution in [3.05, 3.63) is 40.5 Å². The number of likely N-dealkylation sites (tertiary alicyclic amines) is 1. The molecule has 0 spiro atoms. The number of nitrogens with zero attached hydrogens (tertiary/aromatic N) is 2. The molecule has 2 aromatic rings. The standard InChI is InChI=1S/C19H21F3N2OS/c20-19(21,22)13-6-5-11-24(12-13)17(25)16-14-7-1-2-8-15(14)26-18(16)23-9-3-4-10-23/h3-4,9-10,13H,1-2,5-8,11-12H2. The summed E-state index contributed by atoms with van der Waals surface area (Å²) in [5.74, 6) is -1.65. The lowest BCUT2D eigenvalue weighted by Crippen LogP contribution is -2.45. The summed E-state index contributed by atoms with van der Waals surface area (Å²) in [4.78, 5) is 15.9. The molecule has 3 nitrogen and oxygen atoms in total. The van der Waals surface area contributed by atoms with Gasteiger partial charge in [0, 0.05) is 30.4 Å². The van der Waals surface area contributed by atoms with Gasteiger partial charge in [0.05, 0.1) is 11.5 Å². The maximum absolute atomic E-state index is 13.3. The summed E-state index contributed by atoms with van der Waals surface area (Å²) in [7, 11) is 0. The third-order valence-corrected chi connectivity index (χ3v) is 6.68. The molecule has 4 rings (SSSR count). The second kappa shape index (κ2) is 6.76.